The Morgan fingerprint density at radius 1 is 1.59 bits per heavy atom. The van der Waals surface area contributed by atoms with Gasteiger partial charge in [0.15, 0.2) is 5.69 Å². The van der Waals surface area contributed by atoms with Crippen molar-refractivity contribution in [2.45, 2.75) is 39.3 Å². The number of carbonyl (C=O) groups is 1. The number of halogens is 1. The van der Waals surface area contributed by atoms with Gasteiger partial charge in [0.25, 0.3) is 5.91 Å². The third-order valence-electron chi connectivity index (χ3n) is 2.96. The number of nitrogens with one attached hydrogen (secondary N) is 1. The van der Waals surface area contributed by atoms with Gasteiger partial charge in [0.05, 0.1) is 0 Å². The van der Waals surface area contributed by atoms with E-state index < -0.39 is 5.91 Å². The first-order valence-corrected chi connectivity index (χ1v) is 5.83. The van der Waals surface area contributed by atoms with Gasteiger partial charge in [-0.25, -0.2) is 0 Å². The second-order valence-electron chi connectivity index (χ2n) is 4.14. The van der Waals surface area contributed by atoms with Gasteiger partial charge in [0, 0.05) is 37.3 Å². The average molecular weight is 259 g/mol. The van der Waals surface area contributed by atoms with Gasteiger partial charge in [-0.1, -0.05) is 13.3 Å². The molecule has 0 aromatic carbocycles. The number of hydrogen-bond acceptors (Lipinski definition) is 3. The number of hydrogen-bond donors (Lipinski definition) is 2. The molecular formula is C11H19ClN4O. The topological polar surface area (TPSA) is 72.9 Å². The van der Waals surface area contributed by atoms with Crippen molar-refractivity contribution in [3.63, 3.8) is 0 Å². The van der Waals surface area contributed by atoms with Crippen LogP contribution in [-0.2, 0) is 19.5 Å². The lowest BCUT2D eigenvalue weighted by atomic mass is 10.1. The molecule has 0 fully saturated rings. The summed E-state index contributed by atoms with van der Waals surface area (Å²) in [6.07, 6.45) is 3.14. The Balaban J connectivity index is 0.00000144. The zero-order valence-corrected chi connectivity index (χ0v) is 10.8. The summed E-state index contributed by atoms with van der Waals surface area (Å²) in [7, 11) is 0. The summed E-state index contributed by atoms with van der Waals surface area (Å²) in [6, 6.07) is 0. The molecule has 5 nitrogen and oxygen atoms in total. The van der Waals surface area contributed by atoms with Gasteiger partial charge in [0.2, 0.25) is 0 Å². The number of primary amides is 1. The van der Waals surface area contributed by atoms with Crippen LogP contribution in [0.1, 0.15) is 41.5 Å². The van der Waals surface area contributed by atoms with Crippen molar-refractivity contribution in [2.75, 3.05) is 6.54 Å². The molecule has 0 radical (unpaired) electrons. The van der Waals surface area contributed by atoms with E-state index in [-0.39, 0.29) is 12.4 Å². The van der Waals surface area contributed by atoms with Crippen LogP contribution in [0.2, 0.25) is 0 Å². The van der Waals surface area contributed by atoms with Crippen molar-refractivity contribution in [3.8, 4) is 0 Å². The Labute approximate surface area is 107 Å². The molecule has 0 spiro atoms. The maximum absolute atomic E-state index is 11.3. The molecule has 3 N–H and O–H groups in total. The van der Waals surface area contributed by atoms with Crippen LogP contribution < -0.4 is 11.1 Å². The molecule has 1 aromatic heterocycles. The third kappa shape index (κ3) is 2.79. The van der Waals surface area contributed by atoms with Gasteiger partial charge >= 0.3 is 0 Å². The molecule has 1 aliphatic heterocycles. The van der Waals surface area contributed by atoms with Crippen LogP contribution in [0.25, 0.3) is 0 Å². The van der Waals surface area contributed by atoms with Crippen LogP contribution in [0.3, 0.4) is 0 Å². The first kappa shape index (κ1) is 14.0. The lowest BCUT2D eigenvalue weighted by Gasteiger charge is -2.15. The van der Waals surface area contributed by atoms with Crippen molar-refractivity contribution in [2.24, 2.45) is 5.73 Å². The Morgan fingerprint density at radius 3 is 3.00 bits per heavy atom. The van der Waals surface area contributed by atoms with Crippen LogP contribution in [-0.4, -0.2) is 22.2 Å². The maximum atomic E-state index is 11.3. The number of carbonyl (C=O) groups excluding carboxylic acids is 1. The summed E-state index contributed by atoms with van der Waals surface area (Å²) in [5.41, 5.74) is 7.96. The second kappa shape index (κ2) is 6.02. The molecular weight excluding hydrogens is 240 g/mol. The molecule has 2 heterocycles. The van der Waals surface area contributed by atoms with E-state index in [0.29, 0.717) is 12.2 Å². The molecule has 0 atom stereocenters. The van der Waals surface area contributed by atoms with Gasteiger partial charge in [-0.3, -0.25) is 9.48 Å². The number of aryl methyl sites for hydroxylation is 1. The zero-order valence-electron chi connectivity index (χ0n) is 10.0. The van der Waals surface area contributed by atoms with Crippen LogP contribution in [0.15, 0.2) is 0 Å². The largest absolute Gasteiger partial charge is 0.364 e. The molecule has 0 unspecified atom stereocenters. The van der Waals surface area contributed by atoms with Gasteiger partial charge in [0.1, 0.15) is 0 Å². The third-order valence-corrected chi connectivity index (χ3v) is 2.96. The number of amides is 1. The van der Waals surface area contributed by atoms with Gasteiger partial charge < -0.3 is 11.1 Å². The van der Waals surface area contributed by atoms with Crippen molar-refractivity contribution in [1.82, 2.24) is 15.1 Å². The van der Waals surface area contributed by atoms with E-state index in [4.69, 9.17) is 5.73 Å². The number of rotatable bonds is 4. The highest BCUT2D eigenvalue weighted by Crippen LogP contribution is 2.18. The molecule has 1 amide bonds. The van der Waals surface area contributed by atoms with Gasteiger partial charge in [-0.15, -0.1) is 12.4 Å². The SMILES string of the molecule is CCCCn1nc(C(N)=O)c2c1CCNC2.Cl. The van der Waals surface area contributed by atoms with E-state index in [9.17, 15) is 4.79 Å². The lowest BCUT2D eigenvalue weighted by Crippen LogP contribution is -2.26. The van der Waals surface area contributed by atoms with E-state index >= 15 is 0 Å². The van der Waals surface area contributed by atoms with E-state index in [1.807, 2.05) is 4.68 Å². The summed E-state index contributed by atoms with van der Waals surface area (Å²) in [5, 5.41) is 7.58. The Kier molecular flexibility index (Phi) is 4.96. The molecule has 17 heavy (non-hydrogen) atoms. The van der Waals surface area contributed by atoms with Crippen molar-refractivity contribution >= 4 is 18.3 Å². The monoisotopic (exact) mass is 258 g/mol. The molecule has 0 saturated heterocycles. The maximum Gasteiger partial charge on any atom is 0.269 e. The predicted octanol–water partition coefficient (Wildman–Crippen LogP) is 0.850. The number of aromatic nitrogens is 2. The molecule has 1 aliphatic rings. The number of nitrogens with zero attached hydrogens (tertiary/aromatic N) is 2. The Morgan fingerprint density at radius 2 is 2.35 bits per heavy atom. The minimum atomic E-state index is -0.421. The molecule has 96 valence electrons. The minimum absolute atomic E-state index is 0. The fourth-order valence-corrected chi connectivity index (χ4v) is 2.11. The minimum Gasteiger partial charge on any atom is -0.364 e. The summed E-state index contributed by atoms with van der Waals surface area (Å²) in [6.45, 7) is 4.68. The second-order valence-corrected chi connectivity index (χ2v) is 4.14. The van der Waals surface area contributed by atoms with Crippen molar-refractivity contribution in [1.29, 1.82) is 0 Å². The quantitative estimate of drug-likeness (QED) is 0.841. The summed E-state index contributed by atoms with van der Waals surface area (Å²) in [5.74, 6) is -0.421. The van der Waals surface area contributed by atoms with Crippen molar-refractivity contribution in [3.05, 3.63) is 17.0 Å². The van der Waals surface area contributed by atoms with E-state index in [1.54, 1.807) is 0 Å². The van der Waals surface area contributed by atoms with Crippen LogP contribution in [0.4, 0.5) is 0 Å². The molecule has 0 bridgehead atoms. The van der Waals surface area contributed by atoms with Gasteiger partial charge in [-0.05, 0) is 6.42 Å². The fraction of sp³-hybridized carbons (Fsp3) is 0.636. The van der Waals surface area contributed by atoms with Crippen LogP contribution >= 0.6 is 12.4 Å². The summed E-state index contributed by atoms with van der Waals surface area (Å²) < 4.78 is 1.96. The van der Waals surface area contributed by atoms with E-state index in [0.717, 1.165) is 37.9 Å². The number of nitrogens with two attached hydrogens (primary N) is 1. The van der Waals surface area contributed by atoms with Crippen molar-refractivity contribution < 1.29 is 4.79 Å². The Hall–Kier alpha value is -1.07. The fourth-order valence-electron chi connectivity index (χ4n) is 2.11. The molecule has 6 heteroatoms. The van der Waals surface area contributed by atoms with Crippen LogP contribution in [0, 0.1) is 0 Å². The molecule has 2 rings (SSSR count). The van der Waals surface area contributed by atoms with E-state index in [2.05, 4.69) is 17.3 Å². The van der Waals surface area contributed by atoms with Gasteiger partial charge in [-0.2, -0.15) is 5.10 Å². The number of fused-ring (bicyclic) bond motifs is 1. The van der Waals surface area contributed by atoms with E-state index in [1.165, 1.54) is 5.69 Å². The number of unbranched alkanes of at least 4 members (excludes halogenated alkanes) is 1. The first-order valence-electron chi connectivity index (χ1n) is 5.83. The predicted molar refractivity (Wildman–Crippen MR) is 68.3 cm³/mol. The highest BCUT2D eigenvalue weighted by molar-refractivity contribution is 5.92. The highest BCUT2D eigenvalue weighted by atomic mass is 35.5. The Bertz CT molecular complexity index is 402. The smallest absolute Gasteiger partial charge is 0.269 e. The highest BCUT2D eigenvalue weighted by Gasteiger charge is 2.22. The first-order chi connectivity index (χ1) is 7.74. The van der Waals surface area contributed by atoms with Crippen LogP contribution in [0.5, 0.6) is 0 Å². The average Bonchev–Trinajstić information content (AvgIpc) is 2.65. The normalized spacial score (nSPS) is 13.9. The standard InChI is InChI=1S/C11H18N4O.ClH/c1-2-3-6-15-9-4-5-13-7-8(9)10(14-15)11(12)16;/h13H,2-7H2,1H3,(H2,12,16);1H. The zero-order chi connectivity index (χ0) is 11.5. The molecule has 0 aliphatic carbocycles. The summed E-state index contributed by atoms with van der Waals surface area (Å²) in [4.78, 5) is 11.3. The molecule has 0 saturated carbocycles. The molecule has 1 aromatic rings. The lowest BCUT2D eigenvalue weighted by molar-refractivity contribution is 0.0993. The summed E-state index contributed by atoms with van der Waals surface area (Å²) >= 11 is 0.